The van der Waals surface area contributed by atoms with Crippen molar-refractivity contribution in [3.63, 3.8) is 0 Å². The van der Waals surface area contributed by atoms with E-state index in [-0.39, 0.29) is 11.9 Å². The molecule has 2 fully saturated rings. The highest BCUT2D eigenvalue weighted by Gasteiger charge is 2.34. The lowest BCUT2D eigenvalue weighted by molar-refractivity contribution is -0.122. The quantitative estimate of drug-likeness (QED) is 0.718. The number of carbonyl (C=O) groups is 1. The Balaban J connectivity index is 1.63. The van der Waals surface area contributed by atoms with Gasteiger partial charge in [0.2, 0.25) is 5.91 Å². The lowest BCUT2D eigenvalue weighted by Gasteiger charge is -2.16. The van der Waals surface area contributed by atoms with E-state index in [1.807, 2.05) is 0 Å². The van der Waals surface area contributed by atoms with Gasteiger partial charge in [-0.25, -0.2) is 0 Å². The van der Waals surface area contributed by atoms with Gasteiger partial charge < -0.3 is 16.0 Å². The maximum atomic E-state index is 11.7. The summed E-state index contributed by atoms with van der Waals surface area (Å²) in [7, 11) is 0. The Morgan fingerprint density at radius 3 is 2.88 bits per heavy atom. The van der Waals surface area contributed by atoms with Crippen LogP contribution in [0.3, 0.4) is 0 Å². The van der Waals surface area contributed by atoms with Gasteiger partial charge in [-0.3, -0.25) is 4.79 Å². The van der Waals surface area contributed by atoms with Crippen LogP contribution in [0.1, 0.15) is 39.0 Å². The molecule has 0 aromatic rings. The van der Waals surface area contributed by atoms with Crippen LogP contribution in [0.2, 0.25) is 0 Å². The summed E-state index contributed by atoms with van der Waals surface area (Å²) in [6.45, 7) is 5.23. The van der Waals surface area contributed by atoms with Crippen LogP contribution in [-0.4, -0.2) is 42.5 Å². The van der Waals surface area contributed by atoms with Crippen molar-refractivity contribution < 1.29 is 4.79 Å². The lowest BCUT2D eigenvalue weighted by Crippen LogP contribution is -2.42. The standard InChI is InChI=1S/C13H25N3O/c1-2-3-12(14)13(17)15-8-10-6-7-16(9-10)11-4-5-11/h10-12H,2-9,14H2,1H3,(H,15,17)/t10?,12-/m1/s1. The van der Waals surface area contributed by atoms with E-state index in [0.29, 0.717) is 5.92 Å². The smallest absolute Gasteiger partial charge is 0.236 e. The first-order valence-electron chi connectivity index (χ1n) is 6.98. The third-order valence-corrected chi connectivity index (χ3v) is 3.88. The van der Waals surface area contributed by atoms with Crippen molar-refractivity contribution in [1.82, 2.24) is 10.2 Å². The molecule has 0 bridgehead atoms. The van der Waals surface area contributed by atoms with Gasteiger partial charge in [0, 0.05) is 19.1 Å². The molecule has 0 radical (unpaired) electrons. The molecular weight excluding hydrogens is 214 g/mol. The van der Waals surface area contributed by atoms with Crippen LogP contribution in [-0.2, 0) is 4.79 Å². The van der Waals surface area contributed by atoms with Crippen molar-refractivity contribution in [2.75, 3.05) is 19.6 Å². The molecule has 4 heteroatoms. The van der Waals surface area contributed by atoms with Gasteiger partial charge >= 0.3 is 0 Å². The molecule has 1 saturated carbocycles. The van der Waals surface area contributed by atoms with Crippen LogP contribution in [0.25, 0.3) is 0 Å². The first kappa shape index (κ1) is 12.8. The highest BCUT2D eigenvalue weighted by atomic mass is 16.2. The molecule has 1 saturated heterocycles. The number of nitrogens with one attached hydrogen (secondary N) is 1. The van der Waals surface area contributed by atoms with Crippen LogP contribution in [0.4, 0.5) is 0 Å². The van der Waals surface area contributed by atoms with Crippen molar-refractivity contribution in [3.8, 4) is 0 Å². The maximum absolute atomic E-state index is 11.7. The highest BCUT2D eigenvalue weighted by molar-refractivity contribution is 5.81. The molecule has 2 aliphatic rings. The number of hydrogen-bond donors (Lipinski definition) is 2. The third kappa shape index (κ3) is 3.68. The Labute approximate surface area is 104 Å². The Morgan fingerprint density at radius 1 is 1.47 bits per heavy atom. The molecule has 1 unspecified atom stereocenters. The maximum Gasteiger partial charge on any atom is 0.236 e. The van der Waals surface area contributed by atoms with Crippen LogP contribution >= 0.6 is 0 Å². The summed E-state index contributed by atoms with van der Waals surface area (Å²) >= 11 is 0. The fourth-order valence-corrected chi connectivity index (χ4v) is 2.62. The van der Waals surface area contributed by atoms with Crippen molar-refractivity contribution in [2.45, 2.75) is 51.1 Å². The van der Waals surface area contributed by atoms with E-state index >= 15 is 0 Å². The summed E-state index contributed by atoms with van der Waals surface area (Å²) in [4.78, 5) is 14.2. The number of hydrogen-bond acceptors (Lipinski definition) is 3. The summed E-state index contributed by atoms with van der Waals surface area (Å²) in [6.07, 6.45) is 5.72. The van der Waals surface area contributed by atoms with E-state index in [1.54, 1.807) is 0 Å². The van der Waals surface area contributed by atoms with Crippen molar-refractivity contribution in [1.29, 1.82) is 0 Å². The molecule has 1 amide bonds. The Morgan fingerprint density at radius 2 is 2.24 bits per heavy atom. The SMILES string of the molecule is CCC[C@@H](N)C(=O)NCC1CCN(C2CC2)C1. The summed E-state index contributed by atoms with van der Waals surface area (Å²) in [6, 6.07) is 0.541. The average Bonchev–Trinajstić information content (AvgIpc) is 3.06. The van der Waals surface area contributed by atoms with Gasteiger partial charge in [0.25, 0.3) is 0 Å². The zero-order valence-electron chi connectivity index (χ0n) is 10.8. The molecule has 0 spiro atoms. The Kier molecular flexibility index (Phi) is 4.40. The minimum atomic E-state index is -0.319. The number of carbonyl (C=O) groups excluding carboxylic acids is 1. The van der Waals surface area contributed by atoms with E-state index in [9.17, 15) is 4.79 Å². The topological polar surface area (TPSA) is 58.4 Å². The van der Waals surface area contributed by atoms with Crippen LogP contribution in [0, 0.1) is 5.92 Å². The molecule has 2 atom stereocenters. The second-order valence-electron chi connectivity index (χ2n) is 5.52. The molecular formula is C13H25N3O. The van der Waals surface area contributed by atoms with Crippen molar-refractivity contribution >= 4 is 5.91 Å². The van der Waals surface area contributed by atoms with E-state index in [0.717, 1.165) is 32.0 Å². The molecule has 3 N–H and O–H groups in total. The number of nitrogens with two attached hydrogens (primary N) is 1. The van der Waals surface area contributed by atoms with E-state index < -0.39 is 0 Å². The number of nitrogens with zero attached hydrogens (tertiary/aromatic N) is 1. The summed E-state index contributed by atoms with van der Waals surface area (Å²) in [5.74, 6) is 0.657. The minimum Gasteiger partial charge on any atom is -0.354 e. The first-order chi connectivity index (χ1) is 8.20. The summed E-state index contributed by atoms with van der Waals surface area (Å²) in [5.41, 5.74) is 5.78. The van der Waals surface area contributed by atoms with Gasteiger partial charge in [0.05, 0.1) is 6.04 Å². The highest BCUT2D eigenvalue weighted by Crippen LogP contribution is 2.31. The second-order valence-corrected chi connectivity index (χ2v) is 5.52. The van der Waals surface area contributed by atoms with Crippen molar-refractivity contribution in [3.05, 3.63) is 0 Å². The largest absolute Gasteiger partial charge is 0.354 e. The predicted molar refractivity (Wildman–Crippen MR) is 68.6 cm³/mol. The summed E-state index contributed by atoms with van der Waals surface area (Å²) in [5, 5.41) is 3.00. The monoisotopic (exact) mass is 239 g/mol. The average molecular weight is 239 g/mol. The van der Waals surface area contributed by atoms with Gasteiger partial charge in [0.1, 0.15) is 0 Å². The number of likely N-dealkylation sites (tertiary alicyclic amines) is 1. The molecule has 1 aliphatic heterocycles. The zero-order valence-corrected chi connectivity index (χ0v) is 10.8. The molecule has 1 heterocycles. The van der Waals surface area contributed by atoms with E-state index in [4.69, 9.17) is 5.73 Å². The van der Waals surface area contributed by atoms with Gasteiger partial charge in [0.15, 0.2) is 0 Å². The molecule has 17 heavy (non-hydrogen) atoms. The molecule has 0 aromatic heterocycles. The fourth-order valence-electron chi connectivity index (χ4n) is 2.62. The zero-order chi connectivity index (χ0) is 12.3. The molecule has 2 rings (SSSR count). The number of rotatable bonds is 6. The molecule has 0 aromatic carbocycles. The van der Waals surface area contributed by atoms with Crippen molar-refractivity contribution in [2.24, 2.45) is 11.7 Å². The molecule has 98 valence electrons. The minimum absolute atomic E-state index is 0.0247. The Hall–Kier alpha value is -0.610. The third-order valence-electron chi connectivity index (χ3n) is 3.88. The molecule has 4 nitrogen and oxygen atoms in total. The van der Waals surface area contributed by atoms with Gasteiger partial charge in [-0.05, 0) is 38.1 Å². The first-order valence-corrected chi connectivity index (χ1v) is 6.98. The number of amides is 1. The van der Waals surface area contributed by atoms with E-state index in [2.05, 4.69) is 17.1 Å². The molecule has 1 aliphatic carbocycles. The van der Waals surface area contributed by atoms with Gasteiger partial charge in [-0.2, -0.15) is 0 Å². The van der Waals surface area contributed by atoms with Gasteiger partial charge in [-0.15, -0.1) is 0 Å². The fraction of sp³-hybridized carbons (Fsp3) is 0.923. The lowest BCUT2D eigenvalue weighted by atomic mass is 10.1. The second kappa shape index (κ2) is 5.83. The predicted octanol–water partition coefficient (Wildman–Crippen LogP) is 0.714. The van der Waals surface area contributed by atoms with Crippen LogP contribution in [0.5, 0.6) is 0 Å². The van der Waals surface area contributed by atoms with Crippen LogP contribution < -0.4 is 11.1 Å². The normalized spacial score (nSPS) is 27.1. The Bertz CT molecular complexity index is 265. The van der Waals surface area contributed by atoms with E-state index in [1.165, 1.54) is 25.8 Å². The summed E-state index contributed by atoms with van der Waals surface area (Å²) < 4.78 is 0. The van der Waals surface area contributed by atoms with Gasteiger partial charge in [-0.1, -0.05) is 13.3 Å². The van der Waals surface area contributed by atoms with Crippen LogP contribution in [0.15, 0.2) is 0 Å².